The number of fused-ring (bicyclic) bond motifs is 2. The van der Waals surface area contributed by atoms with E-state index < -0.39 is 5.41 Å². The lowest BCUT2D eigenvalue weighted by atomic mass is 9.86. The summed E-state index contributed by atoms with van der Waals surface area (Å²) in [5.74, 6) is 1.73. The Bertz CT molecular complexity index is 1170. The number of nitrogens with one attached hydrogen (secondary N) is 1. The van der Waals surface area contributed by atoms with Gasteiger partial charge in [0.15, 0.2) is 11.5 Å². The molecule has 2 aliphatic rings. The van der Waals surface area contributed by atoms with Crippen molar-refractivity contribution in [3.05, 3.63) is 58.8 Å². The van der Waals surface area contributed by atoms with Crippen molar-refractivity contribution in [3.8, 4) is 11.5 Å². The van der Waals surface area contributed by atoms with Gasteiger partial charge in [-0.2, -0.15) is 0 Å². The van der Waals surface area contributed by atoms with Crippen molar-refractivity contribution >= 4 is 16.7 Å². The zero-order valence-corrected chi connectivity index (χ0v) is 18.4. The van der Waals surface area contributed by atoms with E-state index in [1.807, 2.05) is 24.3 Å². The fourth-order valence-electron chi connectivity index (χ4n) is 4.82. The number of hydrogen-bond acceptors (Lipinski definition) is 4. The van der Waals surface area contributed by atoms with Crippen LogP contribution in [0.1, 0.15) is 58.9 Å². The molecule has 0 radical (unpaired) electrons. The Balaban J connectivity index is 0.00000153. The van der Waals surface area contributed by atoms with Gasteiger partial charge >= 0.3 is 0 Å². The highest BCUT2D eigenvalue weighted by Gasteiger charge is 2.50. The van der Waals surface area contributed by atoms with Gasteiger partial charge in [-0.05, 0) is 60.2 Å². The van der Waals surface area contributed by atoms with Gasteiger partial charge in [0, 0.05) is 37.9 Å². The van der Waals surface area contributed by atoms with Crippen molar-refractivity contribution in [3.63, 3.8) is 0 Å². The summed E-state index contributed by atoms with van der Waals surface area (Å²) in [7, 11) is 0. The van der Waals surface area contributed by atoms with Crippen LogP contribution in [-0.4, -0.2) is 29.3 Å². The first-order valence-corrected chi connectivity index (χ1v) is 11.0. The summed E-state index contributed by atoms with van der Waals surface area (Å²) in [5, 5.41) is 10.7. The molecule has 0 spiro atoms. The van der Waals surface area contributed by atoms with E-state index in [1.165, 1.54) is 0 Å². The Morgan fingerprint density at radius 2 is 1.90 bits per heavy atom. The van der Waals surface area contributed by atoms with Gasteiger partial charge in [0.05, 0.1) is 5.41 Å². The fourth-order valence-corrected chi connectivity index (χ4v) is 4.82. The summed E-state index contributed by atoms with van der Waals surface area (Å²) in [4.78, 5) is 16.9. The molecule has 1 aliphatic carbocycles. The van der Waals surface area contributed by atoms with E-state index in [9.17, 15) is 9.90 Å². The summed E-state index contributed by atoms with van der Waals surface area (Å²) >= 11 is 0. The number of carbonyl (C=O) groups is 1. The van der Waals surface area contributed by atoms with Crippen molar-refractivity contribution in [2.24, 2.45) is 0 Å². The number of rotatable bonds is 6. The molecular weight excluding hydrogens is 390 g/mol. The largest absolute Gasteiger partial charge is 0.454 e. The maximum atomic E-state index is 13.4. The highest BCUT2D eigenvalue weighted by Crippen LogP contribution is 2.51. The van der Waals surface area contributed by atoms with E-state index in [0.29, 0.717) is 12.8 Å². The van der Waals surface area contributed by atoms with Gasteiger partial charge in [0.25, 0.3) is 0 Å². The third-order valence-corrected chi connectivity index (χ3v) is 6.66. The lowest BCUT2D eigenvalue weighted by Gasteiger charge is -2.19. The molecule has 2 heterocycles. The molecule has 1 aliphatic heterocycles. The molecule has 0 atom stereocenters. The molecule has 2 aromatic carbocycles. The van der Waals surface area contributed by atoms with Gasteiger partial charge in [-0.15, -0.1) is 0 Å². The number of benzene rings is 2. The molecule has 1 saturated carbocycles. The minimum Gasteiger partial charge on any atom is -0.454 e. The Hall–Kier alpha value is -2.79. The number of hydrogen-bond donors (Lipinski definition) is 2. The molecule has 166 valence electrons. The monoisotopic (exact) mass is 423 g/mol. The van der Waals surface area contributed by atoms with E-state index in [-0.39, 0.29) is 27.5 Å². The number of aliphatic hydroxyl groups is 1. The van der Waals surface area contributed by atoms with Crippen LogP contribution in [-0.2, 0) is 28.5 Å². The van der Waals surface area contributed by atoms with Crippen molar-refractivity contribution in [1.82, 2.24) is 4.98 Å². The minimum atomic E-state index is -0.404. The number of Topliss-reactive ketones (excluding diaryl/α,β-unsaturated/α-hetero) is 1. The van der Waals surface area contributed by atoms with Crippen molar-refractivity contribution in [2.45, 2.75) is 57.3 Å². The topological polar surface area (TPSA) is 71.6 Å². The van der Waals surface area contributed by atoms with E-state index in [0.717, 1.165) is 57.6 Å². The van der Waals surface area contributed by atoms with Crippen LogP contribution in [0.4, 0.5) is 0 Å². The van der Waals surface area contributed by atoms with Crippen LogP contribution in [0.3, 0.4) is 0 Å². The van der Waals surface area contributed by atoms with Crippen molar-refractivity contribution in [2.75, 3.05) is 13.4 Å². The summed E-state index contributed by atoms with van der Waals surface area (Å²) in [5.41, 5.74) is 4.95. The predicted molar refractivity (Wildman–Crippen MR) is 124 cm³/mol. The third kappa shape index (κ3) is 3.41. The maximum absolute atomic E-state index is 13.4. The van der Waals surface area contributed by atoms with Crippen molar-refractivity contribution < 1.29 is 22.2 Å². The second kappa shape index (κ2) is 7.13. The zero-order valence-electron chi connectivity index (χ0n) is 18.4. The second-order valence-corrected chi connectivity index (χ2v) is 9.83. The van der Waals surface area contributed by atoms with E-state index in [4.69, 9.17) is 9.47 Å². The number of ketones is 1. The van der Waals surface area contributed by atoms with E-state index in [1.54, 1.807) is 0 Å². The molecule has 0 unspecified atom stereocenters. The summed E-state index contributed by atoms with van der Waals surface area (Å²) in [6.07, 6.45) is 2.76. The quantitative estimate of drug-likeness (QED) is 0.581. The lowest BCUT2D eigenvalue weighted by Crippen LogP contribution is -2.22. The van der Waals surface area contributed by atoms with Crippen LogP contribution in [0.5, 0.6) is 11.5 Å². The molecule has 3 aromatic rings. The molecular formula is C26H33NO4. The molecule has 1 fully saturated rings. The van der Waals surface area contributed by atoms with E-state index in [2.05, 4.69) is 37.9 Å². The average Bonchev–Trinajstić information content (AvgIpc) is 3.27. The maximum Gasteiger partial charge on any atom is 0.231 e. The number of aromatic nitrogens is 1. The first kappa shape index (κ1) is 20.1. The van der Waals surface area contributed by atoms with Gasteiger partial charge in [-0.3, -0.25) is 4.79 Å². The second-order valence-electron chi connectivity index (χ2n) is 9.83. The van der Waals surface area contributed by atoms with Crippen LogP contribution >= 0.6 is 0 Å². The number of ether oxygens (including phenoxy) is 2. The van der Waals surface area contributed by atoms with Crippen LogP contribution in [0.25, 0.3) is 10.9 Å². The van der Waals surface area contributed by atoms with E-state index >= 15 is 0 Å². The molecule has 5 nitrogen and oxygen atoms in total. The summed E-state index contributed by atoms with van der Waals surface area (Å²) in [6, 6.07) is 12.1. The normalized spacial score (nSPS) is 16.6. The van der Waals surface area contributed by atoms with Gasteiger partial charge in [-0.1, -0.05) is 32.9 Å². The van der Waals surface area contributed by atoms with Gasteiger partial charge < -0.3 is 19.6 Å². The Morgan fingerprint density at radius 1 is 1.13 bits per heavy atom. The molecule has 0 bridgehead atoms. The van der Waals surface area contributed by atoms with Gasteiger partial charge in [0.2, 0.25) is 6.79 Å². The van der Waals surface area contributed by atoms with Crippen LogP contribution in [0, 0.1) is 0 Å². The zero-order chi connectivity index (χ0) is 21.8. The van der Waals surface area contributed by atoms with Crippen molar-refractivity contribution in [1.29, 1.82) is 0 Å². The number of aromatic amines is 1. The standard InChI is InChI=1S/C26H29NO4.2H2/c1-25(2,3)24-18(8-11-28)19-12-16(4-6-20(19)27-24)13-23(29)26(9-10-26)17-5-7-21-22(14-17)31-15-30-21;;/h4-7,12,14,27-28H,8-11,13,15H2,1-3H3;2*1H. The molecule has 2 N–H and O–H groups in total. The number of H-pyrrole nitrogens is 1. The Kier molecular flexibility index (Phi) is 4.63. The highest BCUT2D eigenvalue weighted by molar-refractivity contribution is 5.96. The minimum absolute atomic E-state index is 0. The van der Waals surface area contributed by atoms with Crippen LogP contribution < -0.4 is 9.47 Å². The predicted octanol–water partition coefficient (Wildman–Crippen LogP) is 5.06. The molecule has 5 rings (SSSR count). The first-order chi connectivity index (χ1) is 14.8. The molecule has 31 heavy (non-hydrogen) atoms. The fraction of sp³-hybridized carbons (Fsp3) is 0.423. The molecule has 0 saturated heterocycles. The smallest absolute Gasteiger partial charge is 0.231 e. The molecule has 0 amide bonds. The van der Waals surface area contributed by atoms with Gasteiger partial charge in [-0.25, -0.2) is 0 Å². The lowest BCUT2D eigenvalue weighted by molar-refractivity contribution is -0.120. The average molecular weight is 424 g/mol. The SMILES string of the molecule is CC(C)(C)c1[nH]c2ccc(CC(=O)C3(c4ccc5c(c4)OCO5)CC3)cc2c1CCO.[HH].[HH]. The molecule has 1 aromatic heterocycles. The number of carbonyl (C=O) groups excluding carboxylic acids is 1. The first-order valence-electron chi connectivity index (χ1n) is 11.0. The Labute approximate surface area is 185 Å². The summed E-state index contributed by atoms with van der Waals surface area (Å²) < 4.78 is 10.9. The number of aliphatic hydroxyl groups excluding tert-OH is 1. The van der Waals surface area contributed by atoms with Crippen LogP contribution in [0.15, 0.2) is 36.4 Å². The third-order valence-electron chi connectivity index (χ3n) is 6.66. The van der Waals surface area contributed by atoms with Crippen LogP contribution in [0.2, 0.25) is 0 Å². The Morgan fingerprint density at radius 3 is 2.61 bits per heavy atom. The van der Waals surface area contributed by atoms with Gasteiger partial charge in [0.1, 0.15) is 5.78 Å². The molecule has 5 heteroatoms. The highest BCUT2D eigenvalue weighted by atomic mass is 16.7. The summed E-state index contributed by atoms with van der Waals surface area (Å²) in [6.45, 7) is 6.86.